The highest BCUT2D eigenvalue weighted by atomic mass is 79.9. The average Bonchev–Trinajstić information content (AvgIpc) is 3.42. The summed E-state index contributed by atoms with van der Waals surface area (Å²) < 4.78 is 47.9. The number of anilines is 1. The normalized spacial score (nSPS) is 11.4. The summed E-state index contributed by atoms with van der Waals surface area (Å²) in [6.07, 6.45) is 0.106. The molecule has 0 bridgehead atoms. The number of rotatable bonds is 7. The molecule has 0 unspecified atom stereocenters. The maximum atomic E-state index is 12.9. The molecule has 0 radical (unpaired) electrons. The quantitative estimate of drug-likeness (QED) is 0.311. The number of carbonyl (C=O) groups excluding carboxylic acids is 1. The van der Waals surface area contributed by atoms with Crippen LogP contribution in [0.4, 0.5) is 18.9 Å². The molecule has 34 heavy (non-hydrogen) atoms. The molecule has 4 rings (SSSR count). The van der Waals surface area contributed by atoms with Crippen molar-refractivity contribution in [1.82, 2.24) is 19.6 Å². The number of aromatic nitrogens is 4. The second kappa shape index (κ2) is 9.90. The molecule has 0 atom stereocenters. The summed E-state index contributed by atoms with van der Waals surface area (Å²) in [5.74, 6) is 0.101. The second-order valence-electron chi connectivity index (χ2n) is 7.17. The van der Waals surface area contributed by atoms with E-state index in [0.29, 0.717) is 26.5 Å². The monoisotopic (exact) mass is 553 g/mol. The van der Waals surface area contributed by atoms with Crippen molar-refractivity contribution in [3.8, 4) is 5.75 Å². The smallest absolute Gasteiger partial charge is 0.416 e. The molecule has 0 aliphatic carbocycles. The molecule has 12 heteroatoms. The first-order valence-electron chi connectivity index (χ1n) is 9.78. The number of nitrogens with zero attached hydrogens (tertiary/aromatic N) is 4. The van der Waals surface area contributed by atoms with Gasteiger partial charge in [0.15, 0.2) is 12.4 Å². The lowest BCUT2D eigenvalue weighted by Gasteiger charge is -2.08. The molecule has 2 aromatic heterocycles. The molecule has 0 saturated heterocycles. The summed E-state index contributed by atoms with van der Waals surface area (Å²) in [7, 11) is 0. The number of ether oxygens (including phenoxy) is 1. The minimum Gasteiger partial charge on any atom is -0.470 e. The zero-order chi connectivity index (χ0) is 24.3. The van der Waals surface area contributed by atoms with E-state index in [2.05, 4.69) is 31.4 Å². The lowest BCUT2D eigenvalue weighted by Crippen LogP contribution is -2.14. The van der Waals surface area contributed by atoms with Crippen LogP contribution >= 0.6 is 27.5 Å². The highest BCUT2D eigenvalue weighted by Crippen LogP contribution is 2.30. The molecular formula is C22H16BrClF3N5O2. The Labute approximate surface area is 205 Å². The number of carbonyl (C=O) groups is 1. The van der Waals surface area contributed by atoms with Gasteiger partial charge in [-0.1, -0.05) is 23.7 Å². The van der Waals surface area contributed by atoms with E-state index in [1.165, 1.54) is 33.9 Å². The van der Waals surface area contributed by atoms with E-state index >= 15 is 0 Å². The van der Waals surface area contributed by atoms with Crippen LogP contribution in [-0.4, -0.2) is 25.5 Å². The number of halogens is 5. The topological polar surface area (TPSA) is 74.0 Å². The molecule has 0 spiro atoms. The van der Waals surface area contributed by atoms with Crippen LogP contribution in [0.25, 0.3) is 0 Å². The van der Waals surface area contributed by atoms with Crippen molar-refractivity contribution in [2.24, 2.45) is 0 Å². The molecule has 1 N–H and O–H groups in total. The average molecular weight is 555 g/mol. The van der Waals surface area contributed by atoms with E-state index in [-0.39, 0.29) is 19.0 Å². The molecule has 0 aliphatic heterocycles. The van der Waals surface area contributed by atoms with Gasteiger partial charge in [0.25, 0.3) is 5.91 Å². The van der Waals surface area contributed by atoms with E-state index in [9.17, 15) is 18.0 Å². The first-order valence-corrected chi connectivity index (χ1v) is 11.0. The molecule has 0 saturated carbocycles. The van der Waals surface area contributed by atoms with Gasteiger partial charge in [-0.2, -0.15) is 23.4 Å². The minimum atomic E-state index is -4.42. The molecule has 2 aromatic carbocycles. The zero-order valence-electron chi connectivity index (χ0n) is 17.3. The Balaban J connectivity index is 1.35. The summed E-state index contributed by atoms with van der Waals surface area (Å²) >= 11 is 9.27. The fourth-order valence-corrected chi connectivity index (χ4v) is 3.82. The second-order valence-corrected chi connectivity index (χ2v) is 8.46. The van der Waals surface area contributed by atoms with Crippen LogP contribution in [0.2, 0.25) is 5.02 Å². The Kier molecular flexibility index (Phi) is 6.94. The van der Waals surface area contributed by atoms with Gasteiger partial charge in [0.1, 0.15) is 5.75 Å². The SMILES string of the molecule is O=C(Nc1cnn(Cc2cccc(C(F)(F)F)c2)c1)c1ccn(COc2ccc(Cl)cc2Br)n1. The minimum absolute atomic E-state index is 0.0719. The van der Waals surface area contributed by atoms with E-state index in [1.807, 2.05) is 0 Å². The Morgan fingerprint density at radius 3 is 2.74 bits per heavy atom. The van der Waals surface area contributed by atoms with Gasteiger partial charge in [0.2, 0.25) is 0 Å². The fraction of sp³-hybridized carbons (Fsp3) is 0.136. The highest BCUT2D eigenvalue weighted by Gasteiger charge is 2.30. The third-order valence-corrected chi connectivity index (χ3v) is 5.46. The fourth-order valence-electron chi connectivity index (χ4n) is 3.03. The zero-order valence-corrected chi connectivity index (χ0v) is 19.6. The van der Waals surface area contributed by atoms with Crippen LogP contribution in [0.5, 0.6) is 5.75 Å². The van der Waals surface area contributed by atoms with Crippen molar-refractivity contribution < 1.29 is 22.7 Å². The molecule has 176 valence electrons. The van der Waals surface area contributed by atoms with E-state index < -0.39 is 17.6 Å². The number of nitrogens with one attached hydrogen (secondary N) is 1. The first-order chi connectivity index (χ1) is 16.2. The van der Waals surface area contributed by atoms with Crippen LogP contribution in [0, 0.1) is 0 Å². The third kappa shape index (κ3) is 5.97. The molecule has 0 fully saturated rings. The Hall–Kier alpha value is -3.31. The van der Waals surface area contributed by atoms with Gasteiger partial charge < -0.3 is 10.1 Å². The molecule has 2 heterocycles. The summed E-state index contributed by atoms with van der Waals surface area (Å²) in [4.78, 5) is 12.5. The summed E-state index contributed by atoms with van der Waals surface area (Å²) in [6, 6.07) is 11.6. The van der Waals surface area contributed by atoms with Gasteiger partial charge in [-0.25, -0.2) is 4.68 Å². The van der Waals surface area contributed by atoms with Crippen LogP contribution in [0.1, 0.15) is 21.6 Å². The lowest BCUT2D eigenvalue weighted by atomic mass is 10.1. The Bertz CT molecular complexity index is 1320. The van der Waals surface area contributed by atoms with Crippen molar-refractivity contribution in [1.29, 1.82) is 0 Å². The van der Waals surface area contributed by atoms with Gasteiger partial charge >= 0.3 is 6.18 Å². The third-order valence-electron chi connectivity index (χ3n) is 4.61. The number of hydrogen-bond acceptors (Lipinski definition) is 4. The standard InChI is InChI=1S/C22H16BrClF3N5O2/c23-18-9-16(24)4-5-20(18)34-13-31-7-6-19(30-31)21(33)29-17-10-28-32(12-17)11-14-2-1-3-15(8-14)22(25,26)27/h1-10,12H,11,13H2,(H,29,33). The number of alkyl halides is 3. The Morgan fingerprint density at radius 2 is 1.97 bits per heavy atom. The van der Waals surface area contributed by atoms with E-state index in [0.717, 1.165) is 12.1 Å². The lowest BCUT2D eigenvalue weighted by molar-refractivity contribution is -0.137. The highest BCUT2D eigenvalue weighted by molar-refractivity contribution is 9.10. The van der Waals surface area contributed by atoms with Crippen LogP contribution in [0.3, 0.4) is 0 Å². The van der Waals surface area contributed by atoms with E-state index in [1.54, 1.807) is 30.5 Å². The predicted octanol–water partition coefficient (Wildman–Crippen LogP) is 5.85. The largest absolute Gasteiger partial charge is 0.470 e. The van der Waals surface area contributed by atoms with Crippen molar-refractivity contribution >= 4 is 39.1 Å². The number of benzene rings is 2. The predicted molar refractivity (Wildman–Crippen MR) is 123 cm³/mol. The number of hydrogen-bond donors (Lipinski definition) is 1. The first kappa shape index (κ1) is 23.8. The van der Waals surface area contributed by atoms with Crippen LogP contribution in [0.15, 0.2) is 71.6 Å². The van der Waals surface area contributed by atoms with Gasteiger partial charge in [-0.15, -0.1) is 0 Å². The van der Waals surface area contributed by atoms with Gasteiger partial charge in [-0.3, -0.25) is 9.48 Å². The molecule has 0 aliphatic rings. The molecule has 1 amide bonds. The van der Waals surface area contributed by atoms with Crippen LogP contribution < -0.4 is 10.1 Å². The van der Waals surface area contributed by atoms with Crippen molar-refractivity contribution in [3.05, 3.63) is 93.4 Å². The molecular weight excluding hydrogens is 539 g/mol. The Morgan fingerprint density at radius 1 is 1.15 bits per heavy atom. The van der Waals surface area contributed by atoms with Crippen molar-refractivity contribution in [2.75, 3.05) is 5.32 Å². The summed E-state index contributed by atoms with van der Waals surface area (Å²) in [5, 5.41) is 11.5. The van der Waals surface area contributed by atoms with E-state index in [4.69, 9.17) is 16.3 Å². The summed E-state index contributed by atoms with van der Waals surface area (Å²) in [5.41, 5.74) is 0.243. The molecule has 7 nitrogen and oxygen atoms in total. The number of amides is 1. The van der Waals surface area contributed by atoms with Crippen molar-refractivity contribution in [2.45, 2.75) is 19.5 Å². The van der Waals surface area contributed by atoms with Gasteiger partial charge in [-0.05, 0) is 57.9 Å². The maximum absolute atomic E-state index is 12.9. The van der Waals surface area contributed by atoms with Gasteiger partial charge in [0, 0.05) is 17.4 Å². The summed E-state index contributed by atoms with van der Waals surface area (Å²) in [6.45, 7) is 0.189. The van der Waals surface area contributed by atoms with Crippen LogP contribution in [-0.2, 0) is 19.5 Å². The maximum Gasteiger partial charge on any atom is 0.416 e. The van der Waals surface area contributed by atoms with Gasteiger partial charge in [0.05, 0.1) is 28.5 Å². The molecule has 4 aromatic rings. The van der Waals surface area contributed by atoms with Crippen molar-refractivity contribution in [3.63, 3.8) is 0 Å².